The van der Waals surface area contributed by atoms with Gasteiger partial charge in [-0.05, 0) is 6.92 Å². The van der Waals surface area contributed by atoms with E-state index < -0.39 is 6.04 Å². The number of nitrogens with one attached hydrogen (secondary N) is 3. The maximum Gasteiger partial charge on any atom is 0.243 e. The zero-order valence-corrected chi connectivity index (χ0v) is 10.8. The number of piperazine rings is 1. The van der Waals surface area contributed by atoms with E-state index in [1.54, 1.807) is 6.33 Å². The summed E-state index contributed by atoms with van der Waals surface area (Å²) in [5.74, 6) is 0.508. The largest absolute Gasteiger partial charge is 0.354 e. The second-order valence-electron chi connectivity index (χ2n) is 4.33. The summed E-state index contributed by atoms with van der Waals surface area (Å²) in [7, 11) is 0. The highest BCUT2D eigenvalue weighted by molar-refractivity contribution is 5.89. The van der Waals surface area contributed by atoms with Gasteiger partial charge in [-0.25, -0.2) is 0 Å². The molecule has 0 radical (unpaired) electrons. The van der Waals surface area contributed by atoms with Gasteiger partial charge in [0.1, 0.15) is 18.2 Å². The Morgan fingerprint density at radius 3 is 3.21 bits per heavy atom. The molecule has 0 aliphatic carbocycles. The molecule has 1 aromatic heterocycles. The van der Waals surface area contributed by atoms with Gasteiger partial charge in [0.15, 0.2) is 0 Å². The molecule has 1 aliphatic rings. The highest BCUT2D eigenvalue weighted by atomic mass is 16.2. The smallest absolute Gasteiger partial charge is 0.243 e. The molecule has 2 amide bonds. The summed E-state index contributed by atoms with van der Waals surface area (Å²) in [4.78, 5) is 23.0. The van der Waals surface area contributed by atoms with Crippen molar-refractivity contribution in [2.45, 2.75) is 25.9 Å². The van der Waals surface area contributed by atoms with Gasteiger partial charge in [0.2, 0.25) is 11.8 Å². The first-order chi connectivity index (χ1) is 9.20. The van der Waals surface area contributed by atoms with Gasteiger partial charge in [0.25, 0.3) is 0 Å². The summed E-state index contributed by atoms with van der Waals surface area (Å²) in [5.41, 5.74) is 0. The molecule has 0 aromatic carbocycles. The second-order valence-corrected chi connectivity index (χ2v) is 4.33. The standard InChI is InChI=1S/C11H18N6O2/c1-2-17-7-14-16-9(17)3-4-13-11(19)8-5-12-6-10(18)15-8/h7-8,12H,2-6H2,1H3,(H,13,19)(H,15,18)/t8-/m1/s1. The van der Waals surface area contributed by atoms with Gasteiger partial charge < -0.3 is 20.5 Å². The van der Waals surface area contributed by atoms with Crippen molar-refractivity contribution in [1.29, 1.82) is 0 Å². The number of amides is 2. The molecule has 1 atom stereocenters. The number of nitrogens with zero attached hydrogens (tertiary/aromatic N) is 3. The second kappa shape index (κ2) is 6.28. The van der Waals surface area contributed by atoms with Crippen molar-refractivity contribution < 1.29 is 9.59 Å². The predicted octanol–water partition coefficient (Wildman–Crippen LogP) is -1.96. The molecule has 2 rings (SSSR count). The first-order valence-electron chi connectivity index (χ1n) is 6.35. The zero-order chi connectivity index (χ0) is 13.7. The van der Waals surface area contributed by atoms with E-state index in [0.717, 1.165) is 12.4 Å². The van der Waals surface area contributed by atoms with Crippen molar-refractivity contribution in [3.63, 3.8) is 0 Å². The van der Waals surface area contributed by atoms with Crippen LogP contribution in [0.4, 0.5) is 0 Å². The van der Waals surface area contributed by atoms with Crippen LogP contribution in [-0.2, 0) is 22.6 Å². The van der Waals surface area contributed by atoms with Crippen LogP contribution in [0.15, 0.2) is 6.33 Å². The van der Waals surface area contributed by atoms with E-state index in [4.69, 9.17) is 0 Å². The van der Waals surface area contributed by atoms with E-state index in [1.807, 2.05) is 11.5 Å². The number of rotatable bonds is 5. The third-order valence-corrected chi connectivity index (χ3v) is 2.97. The minimum absolute atomic E-state index is 0.155. The molecule has 0 spiro atoms. The lowest BCUT2D eigenvalue weighted by Gasteiger charge is -2.23. The number of carbonyl (C=O) groups is 2. The van der Waals surface area contributed by atoms with Crippen LogP contribution in [0.2, 0.25) is 0 Å². The van der Waals surface area contributed by atoms with E-state index >= 15 is 0 Å². The van der Waals surface area contributed by atoms with Gasteiger partial charge in [-0.1, -0.05) is 0 Å². The molecule has 0 bridgehead atoms. The van der Waals surface area contributed by atoms with Crippen LogP contribution in [0.3, 0.4) is 0 Å². The molecular weight excluding hydrogens is 248 g/mol. The minimum atomic E-state index is -0.495. The van der Waals surface area contributed by atoms with Gasteiger partial charge in [-0.15, -0.1) is 10.2 Å². The quantitative estimate of drug-likeness (QED) is 0.575. The molecular formula is C11H18N6O2. The highest BCUT2D eigenvalue weighted by Crippen LogP contribution is 1.95. The lowest BCUT2D eigenvalue weighted by molar-refractivity contribution is -0.130. The molecule has 1 saturated heterocycles. The Hall–Kier alpha value is -1.96. The summed E-state index contributed by atoms with van der Waals surface area (Å²) in [6.07, 6.45) is 2.29. The maximum atomic E-state index is 11.8. The number of carbonyl (C=O) groups excluding carboxylic acids is 2. The SMILES string of the molecule is CCn1cnnc1CCNC(=O)[C@H]1CNCC(=O)N1. The monoisotopic (exact) mass is 266 g/mol. The minimum Gasteiger partial charge on any atom is -0.354 e. The summed E-state index contributed by atoms with van der Waals surface area (Å²) in [6, 6.07) is -0.495. The topological polar surface area (TPSA) is 101 Å². The van der Waals surface area contributed by atoms with Crippen LogP contribution in [-0.4, -0.2) is 52.3 Å². The first kappa shape index (κ1) is 13.5. The fourth-order valence-electron chi connectivity index (χ4n) is 1.94. The third kappa shape index (κ3) is 3.50. The molecule has 0 unspecified atom stereocenters. The van der Waals surface area contributed by atoms with Crippen LogP contribution in [0.25, 0.3) is 0 Å². The van der Waals surface area contributed by atoms with E-state index in [1.165, 1.54) is 0 Å². The fraction of sp³-hybridized carbons (Fsp3) is 0.636. The summed E-state index contributed by atoms with van der Waals surface area (Å²) in [6.45, 7) is 4.02. The van der Waals surface area contributed by atoms with E-state index in [2.05, 4.69) is 26.1 Å². The van der Waals surface area contributed by atoms with Crippen LogP contribution < -0.4 is 16.0 Å². The molecule has 104 valence electrons. The average Bonchev–Trinajstić information content (AvgIpc) is 2.86. The lowest BCUT2D eigenvalue weighted by Crippen LogP contribution is -2.58. The summed E-state index contributed by atoms with van der Waals surface area (Å²) < 4.78 is 1.93. The molecule has 1 aliphatic heterocycles. The zero-order valence-electron chi connectivity index (χ0n) is 10.8. The molecule has 0 saturated carbocycles. The number of hydrogen-bond donors (Lipinski definition) is 3. The summed E-state index contributed by atoms with van der Waals surface area (Å²) in [5, 5.41) is 16.1. The maximum absolute atomic E-state index is 11.8. The van der Waals surface area contributed by atoms with E-state index in [-0.39, 0.29) is 18.4 Å². The Morgan fingerprint density at radius 1 is 1.63 bits per heavy atom. The first-order valence-corrected chi connectivity index (χ1v) is 6.35. The highest BCUT2D eigenvalue weighted by Gasteiger charge is 2.23. The van der Waals surface area contributed by atoms with Gasteiger partial charge in [-0.2, -0.15) is 0 Å². The van der Waals surface area contributed by atoms with E-state index in [9.17, 15) is 9.59 Å². The van der Waals surface area contributed by atoms with Gasteiger partial charge in [0, 0.05) is 26.1 Å². The van der Waals surface area contributed by atoms with Crippen LogP contribution >= 0.6 is 0 Å². The lowest BCUT2D eigenvalue weighted by atomic mass is 10.2. The third-order valence-electron chi connectivity index (χ3n) is 2.97. The molecule has 1 aromatic rings. The Kier molecular flexibility index (Phi) is 4.45. The molecule has 3 N–H and O–H groups in total. The van der Waals surface area contributed by atoms with Crippen molar-refractivity contribution in [3.8, 4) is 0 Å². The molecule has 8 nitrogen and oxygen atoms in total. The summed E-state index contributed by atoms with van der Waals surface area (Å²) >= 11 is 0. The molecule has 8 heteroatoms. The van der Waals surface area contributed by atoms with Crippen molar-refractivity contribution in [3.05, 3.63) is 12.2 Å². The Balaban J connectivity index is 1.76. The Bertz CT molecular complexity index is 458. The van der Waals surface area contributed by atoms with Crippen molar-refractivity contribution >= 4 is 11.8 Å². The van der Waals surface area contributed by atoms with Gasteiger partial charge in [0.05, 0.1) is 6.54 Å². The van der Waals surface area contributed by atoms with Gasteiger partial charge in [-0.3, -0.25) is 9.59 Å². The van der Waals surface area contributed by atoms with Crippen molar-refractivity contribution in [1.82, 2.24) is 30.7 Å². The predicted molar refractivity (Wildman–Crippen MR) is 67.2 cm³/mol. The number of hydrogen-bond acceptors (Lipinski definition) is 5. The fourth-order valence-corrected chi connectivity index (χ4v) is 1.94. The molecule has 2 heterocycles. The molecule has 1 fully saturated rings. The van der Waals surface area contributed by atoms with E-state index in [0.29, 0.717) is 19.5 Å². The number of aromatic nitrogens is 3. The van der Waals surface area contributed by atoms with Crippen LogP contribution in [0, 0.1) is 0 Å². The Morgan fingerprint density at radius 2 is 2.47 bits per heavy atom. The number of aryl methyl sites for hydroxylation is 1. The Labute approximate surface area is 111 Å². The molecule has 19 heavy (non-hydrogen) atoms. The van der Waals surface area contributed by atoms with Crippen molar-refractivity contribution in [2.75, 3.05) is 19.6 Å². The normalized spacial score (nSPS) is 19.0. The van der Waals surface area contributed by atoms with Crippen LogP contribution in [0.1, 0.15) is 12.7 Å². The van der Waals surface area contributed by atoms with Crippen molar-refractivity contribution in [2.24, 2.45) is 0 Å². The van der Waals surface area contributed by atoms with Crippen LogP contribution in [0.5, 0.6) is 0 Å². The average molecular weight is 266 g/mol. The van der Waals surface area contributed by atoms with Gasteiger partial charge >= 0.3 is 0 Å².